The molecule has 0 spiro atoms. The van der Waals surface area contributed by atoms with Gasteiger partial charge in [0.1, 0.15) is 0 Å². The summed E-state index contributed by atoms with van der Waals surface area (Å²) >= 11 is 0. The molecule has 1 aliphatic heterocycles. The fourth-order valence-corrected chi connectivity index (χ4v) is 2.20. The molecule has 19 heavy (non-hydrogen) atoms. The van der Waals surface area contributed by atoms with Gasteiger partial charge in [0, 0.05) is 27.2 Å². The third kappa shape index (κ3) is 5.46. The van der Waals surface area contributed by atoms with Crippen molar-refractivity contribution in [3.05, 3.63) is 0 Å². The minimum Gasteiger partial charge on any atom is -0.353 e. The van der Waals surface area contributed by atoms with E-state index < -0.39 is 0 Å². The molecule has 0 saturated carbocycles. The molecule has 0 aromatic carbocycles. The number of carbonyl (C=O) groups is 2. The second-order valence-electron chi connectivity index (χ2n) is 5.22. The Morgan fingerprint density at radius 2 is 1.95 bits per heavy atom. The Labute approximate surface area is 115 Å². The third-order valence-electron chi connectivity index (χ3n) is 3.51. The summed E-state index contributed by atoms with van der Waals surface area (Å²) in [5.74, 6) is 0.683. The van der Waals surface area contributed by atoms with Gasteiger partial charge >= 0.3 is 6.03 Å². The Bertz CT molecular complexity index is 307. The maximum Gasteiger partial charge on any atom is 0.316 e. The molecule has 2 unspecified atom stereocenters. The number of hydrogen-bond donors (Lipinski definition) is 3. The van der Waals surface area contributed by atoms with Crippen LogP contribution >= 0.6 is 0 Å². The third-order valence-corrected chi connectivity index (χ3v) is 3.51. The highest BCUT2D eigenvalue weighted by atomic mass is 16.2. The molecule has 3 N–H and O–H groups in total. The summed E-state index contributed by atoms with van der Waals surface area (Å²) in [5.41, 5.74) is 0. The van der Waals surface area contributed by atoms with Gasteiger partial charge in [-0.2, -0.15) is 0 Å². The lowest BCUT2D eigenvalue weighted by Crippen LogP contribution is -2.50. The van der Waals surface area contributed by atoms with Crippen LogP contribution in [0.5, 0.6) is 0 Å². The van der Waals surface area contributed by atoms with Crippen molar-refractivity contribution in [2.75, 3.05) is 33.7 Å². The molecule has 6 heteroatoms. The van der Waals surface area contributed by atoms with Crippen LogP contribution in [-0.4, -0.2) is 56.6 Å². The Hall–Kier alpha value is -1.30. The second-order valence-corrected chi connectivity index (χ2v) is 5.22. The summed E-state index contributed by atoms with van der Waals surface area (Å²) in [6.07, 6.45) is 3.19. The monoisotopic (exact) mass is 270 g/mol. The summed E-state index contributed by atoms with van der Waals surface area (Å²) in [5, 5.41) is 8.81. The van der Waals surface area contributed by atoms with Crippen LogP contribution in [0.2, 0.25) is 0 Å². The van der Waals surface area contributed by atoms with Crippen molar-refractivity contribution >= 4 is 11.9 Å². The maximum absolute atomic E-state index is 11.9. The van der Waals surface area contributed by atoms with Gasteiger partial charge in [0.2, 0.25) is 5.91 Å². The highest BCUT2D eigenvalue weighted by molar-refractivity contribution is 5.82. The van der Waals surface area contributed by atoms with E-state index in [2.05, 4.69) is 22.9 Å². The smallest absolute Gasteiger partial charge is 0.316 e. The lowest BCUT2D eigenvalue weighted by Gasteiger charge is -2.28. The van der Waals surface area contributed by atoms with Gasteiger partial charge in [-0.25, -0.2) is 4.79 Å². The maximum atomic E-state index is 11.9. The molecule has 0 bridgehead atoms. The van der Waals surface area contributed by atoms with E-state index in [4.69, 9.17) is 0 Å². The van der Waals surface area contributed by atoms with Crippen molar-refractivity contribution < 1.29 is 9.59 Å². The van der Waals surface area contributed by atoms with Gasteiger partial charge in [0.15, 0.2) is 0 Å². The molecule has 0 aromatic rings. The van der Waals surface area contributed by atoms with E-state index in [9.17, 15) is 9.59 Å². The zero-order valence-electron chi connectivity index (χ0n) is 12.2. The van der Waals surface area contributed by atoms with Gasteiger partial charge < -0.3 is 20.9 Å². The molecule has 1 rings (SSSR count). The quantitative estimate of drug-likeness (QED) is 0.623. The summed E-state index contributed by atoms with van der Waals surface area (Å²) in [4.78, 5) is 24.7. The fourth-order valence-electron chi connectivity index (χ4n) is 2.20. The highest BCUT2D eigenvalue weighted by Gasteiger charge is 2.25. The van der Waals surface area contributed by atoms with Crippen molar-refractivity contribution in [3.63, 3.8) is 0 Å². The molecule has 110 valence electrons. The molecular formula is C13H26N4O2. The predicted octanol–water partition coefficient (Wildman–Crippen LogP) is 0.152. The van der Waals surface area contributed by atoms with Crippen LogP contribution < -0.4 is 16.0 Å². The molecule has 0 aliphatic carbocycles. The van der Waals surface area contributed by atoms with E-state index in [-0.39, 0.29) is 18.0 Å². The fraction of sp³-hybridized carbons (Fsp3) is 0.846. The van der Waals surface area contributed by atoms with Crippen molar-refractivity contribution in [1.29, 1.82) is 0 Å². The van der Waals surface area contributed by atoms with Crippen molar-refractivity contribution in [1.82, 2.24) is 20.9 Å². The van der Waals surface area contributed by atoms with Gasteiger partial charge in [0.05, 0.1) is 6.04 Å². The molecule has 1 aliphatic rings. The first-order valence-electron chi connectivity index (χ1n) is 7.00. The molecule has 2 atom stereocenters. The van der Waals surface area contributed by atoms with Crippen molar-refractivity contribution in [2.45, 2.75) is 32.2 Å². The number of amides is 3. The molecule has 1 heterocycles. The van der Waals surface area contributed by atoms with Crippen LogP contribution in [0.3, 0.4) is 0 Å². The molecular weight excluding hydrogens is 244 g/mol. The summed E-state index contributed by atoms with van der Waals surface area (Å²) in [7, 11) is 3.37. The van der Waals surface area contributed by atoms with Crippen LogP contribution in [-0.2, 0) is 4.79 Å². The Morgan fingerprint density at radius 1 is 1.26 bits per heavy atom. The largest absolute Gasteiger partial charge is 0.353 e. The number of nitrogens with one attached hydrogen (secondary N) is 3. The van der Waals surface area contributed by atoms with E-state index in [1.54, 1.807) is 14.1 Å². The topological polar surface area (TPSA) is 73.5 Å². The first-order chi connectivity index (χ1) is 9.04. The SMILES string of the molecule is CCC1CCNC(C(=O)NCCNC(=O)N(C)C)C1. The van der Waals surface area contributed by atoms with Crippen LogP contribution in [0.15, 0.2) is 0 Å². The summed E-state index contributed by atoms with van der Waals surface area (Å²) < 4.78 is 0. The number of hydrogen-bond acceptors (Lipinski definition) is 3. The zero-order valence-corrected chi connectivity index (χ0v) is 12.2. The van der Waals surface area contributed by atoms with E-state index in [1.807, 2.05) is 0 Å². The van der Waals surface area contributed by atoms with E-state index >= 15 is 0 Å². The number of nitrogens with zero attached hydrogens (tertiary/aromatic N) is 1. The summed E-state index contributed by atoms with van der Waals surface area (Å²) in [6.45, 7) is 4.00. The average Bonchev–Trinajstić information content (AvgIpc) is 2.42. The van der Waals surface area contributed by atoms with Crippen molar-refractivity contribution in [2.24, 2.45) is 5.92 Å². The molecule has 3 amide bonds. The zero-order chi connectivity index (χ0) is 14.3. The minimum atomic E-state index is -0.143. The lowest BCUT2D eigenvalue weighted by molar-refractivity contribution is -0.124. The first-order valence-corrected chi connectivity index (χ1v) is 7.00. The van der Waals surface area contributed by atoms with Crippen LogP contribution in [0, 0.1) is 5.92 Å². The van der Waals surface area contributed by atoms with Crippen LogP contribution in [0.4, 0.5) is 4.79 Å². The highest BCUT2D eigenvalue weighted by Crippen LogP contribution is 2.19. The Kier molecular flexibility index (Phi) is 6.62. The number of carbonyl (C=O) groups excluding carboxylic acids is 2. The van der Waals surface area contributed by atoms with Gasteiger partial charge in [-0.3, -0.25) is 4.79 Å². The standard InChI is InChI=1S/C13H26N4O2/c1-4-10-5-6-14-11(9-10)12(18)15-7-8-16-13(19)17(2)3/h10-11,14H,4-9H2,1-3H3,(H,15,18)(H,16,19). The van der Waals surface area contributed by atoms with Crippen LogP contribution in [0.1, 0.15) is 26.2 Å². The number of rotatable bonds is 5. The second kappa shape index (κ2) is 7.99. The van der Waals surface area contributed by atoms with Crippen LogP contribution in [0.25, 0.3) is 0 Å². The first kappa shape index (κ1) is 15.8. The van der Waals surface area contributed by atoms with Gasteiger partial charge in [-0.15, -0.1) is 0 Å². The Morgan fingerprint density at radius 3 is 2.58 bits per heavy atom. The van der Waals surface area contributed by atoms with Gasteiger partial charge in [-0.05, 0) is 25.3 Å². The molecule has 0 aromatic heterocycles. The van der Waals surface area contributed by atoms with E-state index in [0.717, 1.165) is 25.8 Å². The molecule has 1 fully saturated rings. The normalized spacial score (nSPS) is 22.7. The lowest BCUT2D eigenvalue weighted by atomic mass is 9.90. The minimum absolute atomic E-state index is 0.0391. The van der Waals surface area contributed by atoms with Gasteiger partial charge in [-0.1, -0.05) is 13.3 Å². The summed E-state index contributed by atoms with van der Waals surface area (Å²) in [6, 6.07) is -0.223. The molecule has 0 radical (unpaired) electrons. The number of urea groups is 1. The average molecular weight is 270 g/mol. The molecule has 1 saturated heterocycles. The number of piperidine rings is 1. The molecule has 6 nitrogen and oxygen atoms in total. The van der Waals surface area contributed by atoms with Gasteiger partial charge in [0.25, 0.3) is 0 Å². The van der Waals surface area contributed by atoms with Crippen molar-refractivity contribution in [3.8, 4) is 0 Å². The Balaban J connectivity index is 2.18. The predicted molar refractivity (Wildman–Crippen MR) is 74.9 cm³/mol. The van der Waals surface area contributed by atoms with E-state index in [0.29, 0.717) is 19.0 Å². The van der Waals surface area contributed by atoms with E-state index in [1.165, 1.54) is 4.90 Å².